The van der Waals surface area contributed by atoms with Crippen LogP contribution in [0.1, 0.15) is 50.3 Å². The van der Waals surface area contributed by atoms with Gasteiger partial charge in [-0.2, -0.15) is 0 Å². The second-order valence-electron chi connectivity index (χ2n) is 7.90. The second kappa shape index (κ2) is 7.06. The largest absolute Gasteiger partial charge is 0.481 e. The summed E-state index contributed by atoms with van der Waals surface area (Å²) in [4.78, 5) is 12.1. The molecule has 2 rings (SSSR count). The van der Waals surface area contributed by atoms with E-state index < -0.39 is 23.9 Å². The van der Waals surface area contributed by atoms with Crippen LogP contribution in [0.5, 0.6) is 0 Å². The third kappa shape index (κ3) is 3.59. The summed E-state index contributed by atoms with van der Waals surface area (Å²) in [6, 6.07) is 3.12. The highest BCUT2D eigenvalue weighted by Crippen LogP contribution is 2.47. The Hall–Kier alpha value is -1.44. The van der Waals surface area contributed by atoms with Crippen LogP contribution in [0, 0.1) is 11.7 Å². The van der Waals surface area contributed by atoms with Gasteiger partial charge in [0.1, 0.15) is 5.82 Å². The molecule has 1 aromatic carbocycles. The lowest BCUT2D eigenvalue weighted by molar-refractivity contribution is -0.145. The number of hydrogen-bond acceptors (Lipinski definition) is 4. The fourth-order valence-electron chi connectivity index (χ4n) is 3.81. The summed E-state index contributed by atoms with van der Waals surface area (Å²) in [5.41, 5.74) is 5.86. The number of carboxylic acids is 1. The van der Waals surface area contributed by atoms with Gasteiger partial charge in [-0.1, -0.05) is 26.3 Å². The number of fused-ring (bicyclic) bond motifs is 1. The molecule has 0 fully saturated rings. The van der Waals surface area contributed by atoms with Crippen LogP contribution in [0.25, 0.3) is 0 Å². The van der Waals surface area contributed by atoms with Crippen molar-refractivity contribution in [2.24, 2.45) is 11.7 Å². The maximum atomic E-state index is 14.6. The molecule has 25 heavy (non-hydrogen) atoms. The lowest BCUT2D eigenvalue weighted by Gasteiger charge is -2.30. The van der Waals surface area contributed by atoms with Crippen molar-refractivity contribution >= 4 is 13.1 Å². The van der Waals surface area contributed by atoms with Gasteiger partial charge in [0.15, 0.2) is 0 Å². The van der Waals surface area contributed by atoms with E-state index in [2.05, 4.69) is 0 Å². The van der Waals surface area contributed by atoms with E-state index in [1.54, 1.807) is 13.0 Å². The Kier molecular flexibility index (Phi) is 5.61. The van der Waals surface area contributed by atoms with Gasteiger partial charge in [0.05, 0.1) is 5.41 Å². The number of benzene rings is 1. The Morgan fingerprint density at radius 2 is 2.08 bits per heavy atom. The Labute approximate surface area is 148 Å². The number of aliphatic carboxylic acids is 1. The van der Waals surface area contributed by atoms with Gasteiger partial charge in [-0.15, -0.1) is 0 Å². The van der Waals surface area contributed by atoms with Crippen LogP contribution < -0.4 is 5.73 Å². The van der Waals surface area contributed by atoms with E-state index in [1.807, 2.05) is 13.8 Å². The van der Waals surface area contributed by atoms with Crippen molar-refractivity contribution in [3.63, 3.8) is 0 Å². The van der Waals surface area contributed by atoms with E-state index in [4.69, 9.17) is 15.8 Å². The number of carboxylic acid groups (broad SMARTS) is 1. The maximum Gasteiger partial charge on any atom is 0.451 e. The van der Waals surface area contributed by atoms with E-state index in [0.717, 1.165) is 0 Å². The van der Waals surface area contributed by atoms with Crippen LogP contribution in [-0.4, -0.2) is 34.8 Å². The first-order chi connectivity index (χ1) is 11.5. The molecular formula is C18H27BFNO4. The molecule has 138 valence electrons. The van der Waals surface area contributed by atoms with Crippen LogP contribution in [0.3, 0.4) is 0 Å². The monoisotopic (exact) mass is 351 g/mol. The van der Waals surface area contributed by atoms with Gasteiger partial charge >= 0.3 is 13.1 Å². The van der Waals surface area contributed by atoms with Gasteiger partial charge < -0.3 is 20.9 Å². The van der Waals surface area contributed by atoms with E-state index in [0.29, 0.717) is 36.0 Å². The summed E-state index contributed by atoms with van der Waals surface area (Å²) in [5.74, 6) is -1.51. The molecule has 0 aromatic heterocycles. The summed E-state index contributed by atoms with van der Waals surface area (Å²) < 4.78 is 14.6. The van der Waals surface area contributed by atoms with Gasteiger partial charge in [-0.25, -0.2) is 4.39 Å². The van der Waals surface area contributed by atoms with E-state index in [-0.39, 0.29) is 24.6 Å². The molecule has 5 nitrogen and oxygen atoms in total. The quantitative estimate of drug-likeness (QED) is 0.561. The molecule has 7 heteroatoms. The van der Waals surface area contributed by atoms with Gasteiger partial charge in [0.2, 0.25) is 0 Å². The highest BCUT2D eigenvalue weighted by atomic mass is 19.1. The Morgan fingerprint density at radius 1 is 1.44 bits per heavy atom. The molecule has 1 aliphatic carbocycles. The summed E-state index contributed by atoms with van der Waals surface area (Å²) >= 11 is 0. The molecule has 0 radical (unpaired) electrons. The van der Waals surface area contributed by atoms with Crippen LogP contribution >= 0.6 is 0 Å². The first-order valence-electron chi connectivity index (χ1n) is 8.67. The number of nitrogens with two attached hydrogens (primary N) is 1. The van der Waals surface area contributed by atoms with E-state index in [9.17, 15) is 14.3 Å². The van der Waals surface area contributed by atoms with Crippen LogP contribution in [0.2, 0.25) is 6.32 Å². The summed E-state index contributed by atoms with van der Waals surface area (Å²) in [7, 11) is -1.39. The maximum absolute atomic E-state index is 14.6. The highest BCUT2D eigenvalue weighted by Gasteiger charge is 2.49. The van der Waals surface area contributed by atoms with Gasteiger partial charge in [0.25, 0.3) is 0 Å². The number of hydrogen-bond donors (Lipinski definition) is 4. The standard InChI is InChI=1S/C18H27BFNO4/c1-17(2,10-21)14-9-13-11(8-15(14)20)7-12(5-4-6-19(24)25)18(13,3)16(22)23/h8-9,12,24-25H,4-7,10,21H2,1-3H3,(H,22,23)/t12-,18-/m0/s1. The predicted molar refractivity (Wildman–Crippen MR) is 94.9 cm³/mol. The zero-order valence-corrected chi connectivity index (χ0v) is 15.1. The van der Waals surface area contributed by atoms with Crippen LogP contribution in [-0.2, 0) is 22.0 Å². The van der Waals surface area contributed by atoms with Crippen molar-refractivity contribution in [1.82, 2.24) is 0 Å². The summed E-state index contributed by atoms with van der Waals surface area (Å²) in [5, 5.41) is 27.9. The van der Waals surface area contributed by atoms with Crippen molar-refractivity contribution < 1.29 is 24.3 Å². The molecule has 1 aromatic rings. The SMILES string of the molecule is CC(C)(CN)c1cc2c(cc1F)C[C@H](CCCB(O)O)[C@]2(C)C(=O)O. The Morgan fingerprint density at radius 3 is 2.60 bits per heavy atom. The number of carbonyl (C=O) groups is 1. The molecule has 0 amide bonds. The van der Waals surface area contributed by atoms with Crippen LogP contribution in [0.15, 0.2) is 12.1 Å². The van der Waals surface area contributed by atoms with Crippen LogP contribution in [0.4, 0.5) is 4.39 Å². The molecule has 0 bridgehead atoms. The van der Waals surface area contributed by atoms with E-state index in [1.165, 1.54) is 6.07 Å². The molecule has 0 saturated heterocycles. The zero-order chi connectivity index (χ0) is 19.0. The molecule has 0 heterocycles. The second-order valence-corrected chi connectivity index (χ2v) is 7.90. The van der Waals surface area contributed by atoms with Gasteiger partial charge in [0, 0.05) is 12.0 Å². The number of rotatable bonds is 7. The zero-order valence-electron chi connectivity index (χ0n) is 15.1. The first-order valence-corrected chi connectivity index (χ1v) is 8.67. The Bertz CT molecular complexity index is 665. The van der Waals surface area contributed by atoms with Gasteiger partial charge in [-0.3, -0.25) is 4.79 Å². The average Bonchev–Trinajstić information content (AvgIpc) is 2.79. The number of halogens is 1. The fourth-order valence-corrected chi connectivity index (χ4v) is 3.81. The average molecular weight is 351 g/mol. The molecule has 1 aliphatic rings. The highest BCUT2D eigenvalue weighted by molar-refractivity contribution is 6.40. The molecule has 0 aliphatic heterocycles. The predicted octanol–water partition coefficient (Wildman–Crippen LogP) is 1.83. The Balaban J connectivity index is 2.44. The molecule has 0 unspecified atom stereocenters. The van der Waals surface area contributed by atoms with Crippen molar-refractivity contribution in [1.29, 1.82) is 0 Å². The normalized spacial score (nSPS) is 22.8. The smallest absolute Gasteiger partial charge is 0.451 e. The minimum atomic E-state index is -1.39. The fraction of sp³-hybridized carbons (Fsp3) is 0.611. The van der Waals surface area contributed by atoms with Crippen molar-refractivity contribution in [3.05, 3.63) is 34.6 Å². The third-order valence-electron chi connectivity index (χ3n) is 5.73. The first kappa shape index (κ1) is 19.9. The summed E-state index contributed by atoms with van der Waals surface area (Å²) in [6.45, 7) is 5.61. The summed E-state index contributed by atoms with van der Waals surface area (Å²) in [6.07, 6.45) is 1.71. The van der Waals surface area contributed by atoms with Crippen molar-refractivity contribution in [3.8, 4) is 0 Å². The molecule has 5 N–H and O–H groups in total. The van der Waals surface area contributed by atoms with Gasteiger partial charge in [-0.05, 0) is 54.8 Å². The minimum absolute atomic E-state index is 0.197. The minimum Gasteiger partial charge on any atom is -0.481 e. The van der Waals surface area contributed by atoms with Crippen molar-refractivity contribution in [2.75, 3.05) is 6.54 Å². The molecule has 0 saturated carbocycles. The molecule has 0 spiro atoms. The van der Waals surface area contributed by atoms with E-state index >= 15 is 0 Å². The molecular weight excluding hydrogens is 324 g/mol. The lowest BCUT2D eigenvalue weighted by atomic mass is 9.72. The topological polar surface area (TPSA) is 104 Å². The van der Waals surface area contributed by atoms with Crippen molar-refractivity contribution in [2.45, 2.75) is 57.2 Å². The lowest BCUT2D eigenvalue weighted by Crippen LogP contribution is -2.38. The molecule has 2 atom stereocenters. The third-order valence-corrected chi connectivity index (χ3v) is 5.73.